The lowest BCUT2D eigenvalue weighted by atomic mass is 10.1. The molecule has 0 saturated carbocycles. The van der Waals surface area contributed by atoms with Crippen molar-refractivity contribution in [3.63, 3.8) is 0 Å². The molecular weight excluding hydrogens is 331 g/mol. The van der Waals surface area contributed by atoms with E-state index >= 15 is 0 Å². The number of hydrogen-bond acceptors (Lipinski definition) is 2. The molecule has 5 heteroatoms. The Morgan fingerprint density at radius 2 is 1.78 bits per heavy atom. The summed E-state index contributed by atoms with van der Waals surface area (Å²) in [6.45, 7) is 0. The quantitative estimate of drug-likeness (QED) is 0.815. The molecule has 3 rings (SSSR count). The molecule has 0 aromatic heterocycles. The minimum atomic E-state index is -0.195. The van der Waals surface area contributed by atoms with Gasteiger partial charge >= 0.3 is 0 Å². The Kier molecular flexibility index (Phi) is 4.79. The zero-order chi connectivity index (χ0) is 16.2. The van der Waals surface area contributed by atoms with Gasteiger partial charge in [-0.1, -0.05) is 59.6 Å². The molecule has 1 aliphatic heterocycles. The first-order valence-corrected chi connectivity index (χ1v) is 7.97. The van der Waals surface area contributed by atoms with Gasteiger partial charge in [0.1, 0.15) is 11.5 Å². The maximum absolute atomic E-state index is 12.0. The van der Waals surface area contributed by atoms with Crippen LogP contribution in [-0.4, -0.2) is 11.7 Å². The van der Waals surface area contributed by atoms with Crippen LogP contribution in [0.2, 0.25) is 10.0 Å². The van der Waals surface area contributed by atoms with Gasteiger partial charge in [-0.25, -0.2) is 4.99 Å². The van der Waals surface area contributed by atoms with Crippen molar-refractivity contribution in [2.45, 2.75) is 12.8 Å². The molecule has 0 radical (unpaired) electrons. The Balaban J connectivity index is 1.73. The van der Waals surface area contributed by atoms with Gasteiger partial charge in [-0.05, 0) is 35.8 Å². The molecule has 0 unspecified atom stereocenters. The van der Waals surface area contributed by atoms with Crippen LogP contribution in [0.4, 0.5) is 0 Å². The number of nitrogens with zero attached hydrogens (tertiary/aromatic N) is 1. The first-order chi connectivity index (χ1) is 11.1. The van der Waals surface area contributed by atoms with Gasteiger partial charge in [0.2, 0.25) is 0 Å². The second kappa shape index (κ2) is 6.99. The molecule has 0 atom stereocenters. The molecule has 23 heavy (non-hydrogen) atoms. The number of carbonyl (C=O) groups excluding carboxylic acids is 1. The third-order valence-electron chi connectivity index (χ3n) is 3.49. The van der Waals surface area contributed by atoms with Crippen molar-refractivity contribution in [3.8, 4) is 0 Å². The van der Waals surface area contributed by atoms with Crippen LogP contribution in [0.25, 0.3) is 6.08 Å². The summed E-state index contributed by atoms with van der Waals surface area (Å²) in [7, 11) is 0. The Hall–Kier alpha value is -2.10. The Morgan fingerprint density at radius 3 is 2.52 bits per heavy atom. The summed E-state index contributed by atoms with van der Waals surface area (Å²) in [6, 6.07) is 15.3. The van der Waals surface area contributed by atoms with Crippen LogP contribution < -0.4 is 5.32 Å². The molecule has 0 spiro atoms. The highest BCUT2D eigenvalue weighted by Crippen LogP contribution is 2.24. The molecule has 2 aromatic rings. The minimum absolute atomic E-state index is 0.195. The van der Waals surface area contributed by atoms with Gasteiger partial charge in [0.15, 0.2) is 0 Å². The summed E-state index contributed by atoms with van der Waals surface area (Å²) in [5.41, 5.74) is 2.38. The third-order valence-corrected chi connectivity index (χ3v) is 4.23. The molecule has 0 bridgehead atoms. The van der Waals surface area contributed by atoms with E-state index in [2.05, 4.69) is 22.4 Å². The smallest absolute Gasteiger partial charge is 0.275 e. The van der Waals surface area contributed by atoms with Crippen molar-refractivity contribution in [3.05, 3.63) is 75.4 Å². The van der Waals surface area contributed by atoms with Gasteiger partial charge < -0.3 is 5.32 Å². The Morgan fingerprint density at radius 1 is 1.00 bits per heavy atom. The average Bonchev–Trinajstić information content (AvgIpc) is 2.90. The predicted molar refractivity (Wildman–Crippen MR) is 94.8 cm³/mol. The fourth-order valence-electron chi connectivity index (χ4n) is 2.30. The molecule has 1 N–H and O–H groups in total. The summed E-state index contributed by atoms with van der Waals surface area (Å²) < 4.78 is 0. The lowest BCUT2D eigenvalue weighted by Gasteiger charge is -2.00. The van der Waals surface area contributed by atoms with Gasteiger partial charge in [-0.3, -0.25) is 4.79 Å². The number of aliphatic imine (C=N–C) groups is 1. The first-order valence-electron chi connectivity index (χ1n) is 7.21. The summed E-state index contributed by atoms with van der Waals surface area (Å²) in [4.78, 5) is 16.4. The van der Waals surface area contributed by atoms with Gasteiger partial charge in [0, 0.05) is 6.42 Å². The van der Waals surface area contributed by atoms with Crippen LogP contribution >= 0.6 is 23.2 Å². The predicted octanol–water partition coefficient (Wildman–Crippen LogP) is 4.50. The van der Waals surface area contributed by atoms with E-state index in [9.17, 15) is 4.79 Å². The molecule has 1 amide bonds. The lowest BCUT2D eigenvalue weighted by Crippen LogP contribution is -2.24. The van der Waals surface area contributed by atoms with Gasteiger partial charge in [-0.15, -0.1) is 0 Å². The first kappa shape index (κ1) is 15.8. The van der Waals surface area contributed by atoms with E-state index in [1.54, 1.807) is 24.3 Å². The van der Waals surface area contributed by atoms with Crippen LogP contribution in [0, 0.1) is 0 Å². The third kappa shape index (κ3) is 4.01. The largest absolute Gasteiger partial charge is 0.309 e. The molecule has 0 saturated heterocycles. The van der Waals surface area contributed by atoms with E-state index < -0.39 is 0 Å². The molecule has 0 aliphatic carbocycles. The van der Waals surface area contributed by atoms with E-state index in [4.69, 9.17) is 23.2 Å². The number of carbonyl (C=O) groups is 1. The van der Waals surface area contributed by atoms with Crippen molar-refractivity contribution < 1.29 is 4.79 Å². The van der Waals surface area contributed by atoms with Crippen molar-refractivity contribution in [1.82, 2.24) is 5.32 Å². The van der Waals surface area contributed by atoms with Crippen LogP contribution in [0.15, 0.2) is 59.2 Å². The van der Waals surface area contributed by atoms with E-state index in [-0.39, 0.29) is 5.91 Å². The fourth-order valence-corrected chi connectivity index (χ4v) is 2.61. The lowest BCUT2D eigenvalue weighted by molar-refractivity contribution is -0.115. The number of benzene rings is 2. The zero-order valence-corrected chi connectivity index (χ0v) is 13.7. The normalized spacial score (nSPS) is 15.7. The second-order valence-electron chi connectivity index (χ2n) is 5.20. The Bertz CT molecular complexity index is 798. The number of rotatable bonds is 4. The van der Waals surface area contributed by atoms with Gasteiger partial charge in [0.25, 0.3) is 5.91 Å². The van der Waals surface area contributed by atoms with Gasteiger partial charge in [-0.2, -0.15) is 0 Å². The summed E-state index contributed by atoms with van der Waals surface area (Å²) in [5, 5.41) is 3.74. The second-order valence-corrected chi connectivity index (χ2v) is 6.02. The molecule has 116 valence electrons. The van der Waals surface area contributed by atoms with E-state index in [0.717, 1.165) is 12.0 Å². The summed E-state index contributed by atoms with van der Waals surface area (Å²) >= 11 is 11.9. The van der Waals surface area contributed by atoms with E-state index in [1.807, 2.05) is 18.2 Å². The van der Waals surface area contributed by atoms with Crippen LogP contribution in [0.1, 0.15) is 17.5 Å². The van der Waals surface area contributed by atoms with Crippen LogP contribution in [-0.2, 0) is 11.2 Å². The number of amides is 1. The highest BCUT2D eigenvalue weighted by Gasteiger charge is 2.19. The topological polar surface area (TPSA) is 41.5 Å². The monoisotopic (exact) mass is 344 g/mol. The Labute approximate surface area is 144 Å². The maximum atomic E-state index is 12.0. The standard InChI is InChI=1S/C18H14Cl2N2O/c19-14-8-6-13(10-15(14)20)11-16-18(23)22-17(21-16)9-7-12-4-2-1-3-5-12/h1-6,8,10-11H,7,9H2,(H,21,22,23)/b16-11+. The summed E-state index contributed by atoms with van der Waals surface area (Å²) in [6.07, 6.45) is 3.22. The SMILES string of the molecule is O=C1NC(CCc2ccccc2)=N/C1=C/c1ccc(Cl)c(Cl)c1. The van der Waals surface area contributed by atoms with Crippen molar-refractivity contribution in [1.29, 1.82) is 0 Å². The molecular formula is C18H14Cl2N2O. The van der Waals surface area contributed by atoms with Crippen molar-refractivity contribution >= 4 is 41.0 Å². The highest BCUT2D eigenvalue weighted by molar-refractivity contribution is 6.42. The number of halogens is 2. The maximum Gasteiger partial charge on any atom is 0.275 e. The number of amidine groups is 1. The van der Waals surface area contributed by atoms with Crippen LogP contribution in [0.5, 0.6) is 0 Å². The molecule has 0 fully saturated rings. The van der Waals surface area contributed by atoms with Crippen LogP contribution in [0.3, 0.4) is 0 Å². The zero-order valence-electron chi connectivity index (χ0n) is 12.2. The summed E-state index contributed by atoms with van der Waals surface area (Å²) in [5.74, 6) is 0.490. The van der Waals surface area contributed by atoms with E-state index in [0.29, 0.717) is 28.0 Å². The number of hydrogen-bond donors (Lipinski definition) is 1. The fraction of sp³-hybridized carbons (Fsp3) is 0.111. The molecule has 2 aromatic carbocycles. The number of nitrogens with one attached hydrogen (secondary N) is 1. The van der Waals surface area contributed by atoms with Crippen molar-refractivity contribution in [2.75, 3.05) is 0 Å². The molecule has 3 nitrogen and oxygen atoms in total. The highest BCUT2D eigenvalue weighted by atomic mass is 35.5. The number of aryl methyl sites for hydroxylation is 1. The molecule has 1 heterocycles. The average molecular weight is 345 g/mol. The molecule has 1 aliphatic rings. The van der Waals surface area contributed by atoms with Crippen molar-refractivity contribution in [2.24, 2.45) is 4.99 Å². The minimum Gasteiger partial charge on any atom is -0.309 e. The van der Waals surface area contributed by atoms with E-state index in [1.165, 1.54) is 5.56 Å². The van der Waals surface area contributed by atoms with Gasteiger partial charge in [0.05, 0.1) is 10.0 Å².